The van der Waals surface area contributed by atoms with Crippen LogP contribution in [0.4, 0.5) is 5.69 Å². The van der Waals surface area contributed by atoms with Crippen LogP contribution >= 0.6 is 0 Å². The van der Waals surface area contributed by atoms with Crippen LogP contribution in [0.2, 0.25) is 0 Å². The molecule has 1 aliphatic rings. The van der Waals surface area contributed by atoms with E-state index < -0.39 is 11.7 Å². The smallest absolute Gasteiger partial charge is 0.339 e. The van der Waals surface area contributed by atoms with E-state index in [0.717, 1.165) is 12.8 Å². The lowest BCUT2D eigenvalue weighted by atomic mass is 10.1. The van der Waals surface area contributed by atoms with E-state index in [4.69, 9.17) is 5.11 Å². The summed E-state index contributed by atoms with van der Waals surface area (Å²) in [6, 6.07) is 8.06. The van der Waals surface area contributed by atoms with Gasteiger partial charge >= 0.3 is 5.97 Å². The van der Waals surface area contributed by atoms with Crippen molar-refractivity contribution >= 4 is 17.6 Å². The first kappa shape index (κ1) is 13.2. The van der Waals surface area contributed by atoms with Gasteiger partial charge in [-0.05, 0) is 37.1 Å². The average Bonchev–Trinajstić information content (AvgIpc) is 3.17. The van der Waals surface area contributed by atoms with E-state index in [2.05, 4.69) is 5.32 Å². The van der Waals surface area contributed by atoms with E-state index in [9.17, 15) is 14.7 Å². The van der Waals surface area contributed by atoms with Crippen molar-refractivity contribution in [2.75, 3.05) is 5.32 Å². The number of carbonyl (C=O) groups is 2. The van der Waals surface area contributed by atoms with Crippen molar-refractivity contribution in [3.63, 3.8) is 0 Å². The first-order chi connectivity index (χ1) is 10.1. The summed E-state index contributed by atoms with van der Waals surface area (Å²) in [6.45, 7) is 0. The van der Waals surface area contributed by atoms with Gasteiger partial charge in [0.25, 0.3) is 5.91 Å². The first-order valence-corrected chi connectivity index (χ1v) is 6.61. The van der Waals surface area contributed by atoms with Crippen molar-refractivity contribution < 1.29 is 19.8 Å². The number of phenols is 1. The average molecular weight is 286 g/mol. The highest BCUT2D eigenvalue weighted by Gasteiger charge is 2.27. The maximum atomic E-state index is 12.3. The van der Waals surface area contributed by atoms with Crippen molar-refractivity contribution in [1.29, 1.82) is 0 Å². The number of carboxylic acids is 1. The molecule has 1 aromatic carbocycles. The second kappa shape index (κ2) is 4.97. The monoisotopic (exact) mass is 286 g/mol. The van der Waals surface area contributed by atoms with Gasteiger partial charge in [-0.15, -0.1) is 0 Å². The van der Waals surface area contributed by atoms with Crippen LogP contribution < -0.4 is 5.32 Å². The number of aromatic carboxylic acids is 1. The lowest BCUT2D eigenvalue weighted by molar-refractivity contribution is 0.0693. The zero-order valence-electron chi connectivity index (χ0n) is 11.1. The number of carboxylic acid groups (broad SMARTS) is 1. The summed E-state index contributed by atoms with van der Waals surface area (Å²) in [5.41, 5.74) is 0.339. The molecule has 6 nitrogen and oxygen atoms in total. The molecule has 1 saturated carbocycles. The molecule has 0 spiro atoms. The van der Waals surface area contributed by atoms with Gasteiger partial charge in [0.15, 0.2) is 5.75 Å². The molecule has 108 valence electrons. The van der Waals surface area contributed by atoms with Crippen LogP contribution in [0.25, 0.3) is 0 Å². The molecule has 1 aliphatic carbocycles. The van der Waals surface area contributed by atoms with Crippen molar-refractivity contribution in [2.24, 2.45) is 0 Å². The van der Waals surface area contributed by atoms with Crippen molar-refractivity contribution in [3.05, 3.63) is 47.8 Å². The summed E-state index contributed by atoms with van der Waals surface area (Å²) in [5, 5.41) is 21.4. The topological polar surface area (TPSA) is 91.6 Å². The van der Waals surface area contributed by atoms with Crippen LogP contribution in [-0.4, -0.2) is 26.7 Å². The molecule has 3 rings (SSSR count). The molecule has 2 aromatic rings. The summed E-state index contributed by atoms with van der Waals surface area (Å²) in [7, 11) is 0. The zero-order valence-corrected chi connectivity index (χ0v) is 11.1. The number of anilines is 1. The molecule has 1 fully saturated rings. The molecule has 6 heteroatoms. The molecular weight excluding hydrogens is 272 g/mol. The standard InChI is InChI=1S/C15H14N2O4/c18-13-10(15(20)21)3-1-4-11(13)16-14(19)12-5-2-8-17(12)9-6-7-9/h1-5,8-9,18H,6-7H2,(H,16,19)(H,20,21). The molecule has 1 heterocycles. The minimum atomic E-state index is -1.25. The summed E-state index contributed by atoms with van der Waals surface area (Å²) in [5.74, 6) is -2.06. The van der Waals surface area contributed by atoms with Crippen LogP contribution in [0.1, 0.15) is 39.7 Å². The highest BCUT2D eigenvalue weighted by molar-refractivity contribution is 6.05. The van der Waals surface area contributed by atoms with Gasteiger partial charge in [0.05, 0.1) is 5.69 Å². The third-order valence-electron chi connectivity index (χ3n) is 3.47. The fourth-order valence-corrected chi connectivity index (χ4v) is 2.26. The molecular formula is C15H14N2O4. The molecule has 0 bridgehead atoms. The normalized spacial score (nSPS) is 13.9. The summed E-state index contributed by atoms with van der Waals surface area (Å²) in [4.78, 5) is 23.2. The van der Waals surface area contributed by atoms with Crippen LogP contribution in [0.5, 0.6) is 5.75 Å². The molecule has 3 N–H and O–H groups in total. The second-order valence-corrected chi connectivity index (χ2v) is 4.99. The Bertz CT molecular complexity index is 716. The summed E-state index contributed by atoms with van der Waals surface area (Å²) in [6.07, 6.45) is 3.95. The minimum absolute atomic E-state index is 0.0865. The lowest BCUT2D eigenvalue weighted by Crippen LogP contribution is -2.16. The summed E-state index contributed by atoms with van der Waals surface area (Å²) >= 11 is 0. The number of hydrogen-bond acceptors (Lipinski definition) is 3. The van der Waals surface area contributed by atoms with Gasteiger partial charge in [-0.3, -0.25) is 4.79 Å². The van der Waals surface area contributed by atoms with Gasteiger partial charge in [0.1, 0.15) is 11.3 Å². The molecule has 0 saturated heterocycles. The molecule has 0 radical (unpaired) electrons. The Kier molecular flexibility index (Phi) is 3.13. The first-order valence-electron chi connectivity index (χ1n) is 6.61. The molecule has 0 aliphatic heterocycles. The Labute approximate surface area is 120 Å². The third-order valence-corrected chi connectivity index (χ3v) is 3.47. The third kappa shape index (κ3) is 2.47. The fourth-order valence-electron chi connectivity index (χ4n) is 2.26. The van der Waals surface area contributed by atoms with Crippen LogP contribution in [0.15, 0.2) is 36.5 Å². The number of aromatic nitrogens is 1. The largest absolute Gasteiger partial charge is 0.505 e. The number of hydrogen-bond donors (Lipinski definition) is 3. The van der Waals surface area contributed by atoms with E-state index in [-0.39, 0.29) is 17.2 Å². The number of aromatic hydroxyl groups is 1. The van der Waals surface area contributed by atoms with Crippen LogP contribution in [0, 0.1) is 0 Å². The van der Waals surface area contributed by atoms with Crippen molar-refractivity contribution in [1.82, 2.24) is 4.57 Å². The van der Waals surface area contributed by atoms with Crippen molar-refractivity contribution in [3.8, 4) is 5.75 Å². The van der Waals surface area contributed by atoms with Gasteiger partial charge in [0.2, 0.25) is 0 Å². The predicted octanol–water partition coefficient (Wildman–Crippen LogP) is 2.48. The van der Waals surface area contributed by atoms with Gasteiger partial charge in [-0.2, -0.15) is 0 Å². The van der Waals surface area contributed by atoms with Gasteiger partial charge < -0.3 is 20.1 Å². The molecule has 21 heavy (non-hydrogen) atoms. The highest BCUT2D eigenvalue weighted by atomic mass is 16.4. The summed E-state index contributed by atoms with van der Waals surface area (Å²) < 4.78 is 1.90. The number of nitrogens with one attached hydrogen (secondary N) is 1. The van der Waals surface area contributed by atoms with Gasteiger partial charge in [-0.25, -0.2) is 4.79 Å². The maximum absolute atomic E-state index is 12.3. The number of benzene rings is 1. The second-order valence-electron chi connectivity index (χ2n) is 4.99. The Morgan fingerprint density at radius 1 is 1.19 bits per heavy atom. The molecule has 1 amide bonds. The maximum Gasteiger partial charge on any atom is 0.339 e. The predicted molar refractivity (Wildman–Crippen MR) is 75.7 cm³/mol. The fraction of sp³-hybridized carbons (Fsp3) is 0.200. The SMILES string of the molecule is O=C(O)c1cccc(NC(=O)c2cccn2C2CC2)c1O. The van der Waals surface area contributed by atoms with E-state index >= 15 is 0 Å². The van der Waals surface area contributed by atoms with E-state index in [1.807, 2.05) is 10.8 Å². The number of para-hydroxylation sites is 1. The van der Waals surface area contributed by atoms with Crippen LogP contribution in [0.3, 0.4) is 0 Å². The molecule has 1 aromatic heterocycles. The molecule has 0 unspecified atom stereocenters. The lowest BCUT2D eigenvalue weighted by Gasteiger charge is -2.11. The van der Waals surface area contributed by atoms with Gasteiger partial charge in [-0.1, -0.05) is 6.07 Å². The zero-order chi connectivity index (χ0) is 15.0. The Morgan fingerprint density at radius 3 is 2.62 bits per heavy atom. The van der Waals surface area contributed by atoms with Crippen molar-refractivity contribution in [2.45, 2.75) is 18.9 Å². The Hall–Kier alpha value is -2.76. The number of carbonyl (C=O) groups excluding carboxylic acids is 1. The van der Waals surface area contributed by atoms with Crippen LogP contribution in [-0.2, 0) is 0 Å². The Balaban J connectivity index is 1.86. The van der Waals surface area contributed by atoms with E-state index in [0.29, 0.717) is 11.7 Å². The number of rotatable bonds is 4. The van der Waals surface area contributed by atoms with E-state index in [1.54, 1.807) is 12.1 Å². The quantitative estimate of drug-likeness (QED) is 0.753. The van der Waals surface area contributed by atoms with Gasteiger partial charge in [0, 0.05) is 12.2 Å². The number of nitrogens with zero attached hydrogens (tertiary/aromatic N) is 1. The number of amides is 1. The van der Waals surface area contributed by atoms with E-state index in [1.165, 1.54) is 18.2 Å². The highest BCUT2D eigenvalue weighted by Crippen LogP contribution is 2.36. The minimum Gasteiger partial charge on any atom is -0.505 e. The molecule has 0 atom stereocenters. The Morgan fingerprint density at radius 2 is 1.95 bits per heavy atom.